The van der Waals surface area contributed by atoms with Crippen molar-refractivity contribution in [1.82, 2.24) is 14.3 Å². The van der Waals surface area contributed by atoms with E-state index in [4.69, 9.17) is 0 Å². The van der Waals surface area contributed by atoms with Gasteiger partial charge in [-0.1, -0.05) is 0 Å². The maximum absolute atomic E-state index is 10.1. The highest BCUT2D eigenvalue weighted by atomic mass is 16.3. The molecule has 4 nitrogen and oxygen atoms in total. The summed E-state index contributed by atoms with van der Waals surface area (Å²) in [6.07, 6.45) is 4.84. The molecule has 0 saturated carbocycles. The van der Waals surface area contributed by atoms with Crippen LogP contribution in [0, 0.1) is 13.8 Å². The Labute approximate surface area is 113 Å². The summed E-state index contributed by atoms with van der Waals surface area (Å²) in [5, 5.41) is 14.5. The van der Waals surface area contributed by atoms with Crippen LogP contribution in [-0.2, 0) is 20.0 Å². The zero-order valence-corrected chi connectivity index (χ0v) is 11.8. The van der Waals surface area contributed by atoms with Crippen LogP contribution in [0.4, 0.5) is 0 Å². The second-order valence-corrected chi connectivity index (χ2v) is 5.60. The van der Waals surface area contributed by atoms with Crippen molar-refractivity contribution >= 4 is 0 Å². The van der Waals surface area contributed by atoms with Crippen LogP contribution in [0.1, 0.15) is 47.2 Å². The number of rotatable bonds is 2. The summed E-state index contributed by atoms with van der Waals surface area (Å²) in [6.45, 7) is 5.03. The van der Waals surface area contributed by atoms with Gasteiger partial charge in [0.05, 0.1) is 18.3 Å². The van der Waals surface area contributed by atoms with Crippen molar-refractivity contribution in [2.24, 2.45) is 7.05 Å². The lowest BCUT2D eigenvalue weighted by Crippen LogP contribution is -2.13. The highest BCUT2D eigenvalue weighted by Gasteiger charge is 2.23. The molecule has 0 saturated heterocycles. The van der Waals surface area contributed by atoms with Crippen LogP contribution >= 0.6 is 0 Å². The molecule has 2 aromatic heterocycles. The molecule has 0 aromatic carbocycles. The number of hydrogen-bond acceptors (Lipinski definition) is 2. The Morgan fingerprint density at radius 3 is 2.89 bits per heavy atom. The molecule has 0 bridgehead atoms. The lowest BCUT2D eigenvalue weighted by Gasteiger charge is -2.20. The van der Waals surface area contributed by atoms with E-state index in [0.29, 0.717) is 0 Å². The van der Waals surface area contributed by atoms with Crippen LogP contribution in [0.3, 0.4) is 0 Å². The Hall–Kier alpha value is -1.55. The van der Waals surface area contributed by atoms with E-state index in [1.165, 1.54) is 17.0 Å². The van der Waals surface area contributed by atoms with Crippen molar-refractivity contribution in [1.29, 1.82) is 0 Å². The van der Waals surface area contributed by atoms with Gasteiger partial charge in [-0.2, -0.15) is 5.10 Å². The average molecular weight is 259 g/mol. The topological polar surface area (TPSA) is 43.0 Å². The van der Waals surface area contributed by atoms with Crippen molar-refractivity contribution in [3.05, 3.63) is 40.5 Å². The summed E-state index contributed by atoms with van der Waals surface area (Å²) in [6, 6.07) is 2.14. The molecule has 0 aliphatic heterocycles. The highest BCUT2D eigenvalue weighted by molar-refractivity contribution is 5.33. The summed E-state index contributed by atoms with van der Waals surface area (Å²) in [5.41, 5.74) is 6.00. The molecular weight excluding hydrogens is 238 g/mol. The minimum absolute atomic E-state index is 0.279. The molecule has 1 aliphatic rings. The van der Waals surface area contributed by atoms with Crippen LogP contribution in [0.5, 0.6) is 0 Å². The van der Waals surface area contributed by atoms with Gasteiger partial charge in [0.15, 0.2) is 0 Å². The first-order valence-electron chi connectivity index (χ1n) is 6.92. The summed E-state index contributed by atoms with van der Waals surface area (Å²) >= 11 is 0. The Morgan fingerprint density at radius 2 is 2.21 bits per heavy atom. The third kappa shape index (κ3) is 2.10. The van der Waals surface area contributed by atoms with Gasteiger partial charge in [-0.3, -0.25) is 4.68 Å². The number of aromatic nitrogens is 3. The minimum Gasteiger partial charge on any atom is -0.388 e. The molecule has 0 spiro atoms. The second-order valence-electron chi connectivity index (χ2n) is 5.60. The van der Waals surface area contributed by atoms with Crippen molar-refractivity contribution in [2.45, 2.75) is 45.8 Å². The predicted molar refractivity (Wildman–Crippen MR) is 74.1 cm³/mol. The molecule has 102 valence electrons. The Kier molecular flexibility index (Phi) is 2.97. The van der Waals surface area contributed by atoms with E-state index >= 15 is 0 Å². The van der Waals surface area contributed by atoms with Gasteiger partial charge in [-0.15, -0.1) is 0 Å². The normalized spacial score (nSPS) is 18.6. The van der Waals surface area contributed by atoms with Crippen LogP contribution in [0.2, 0.25) is 0 Å². The molecule has 3 rings (SSSR count). The molecule has 1 N–H and O–H groups in total. The van der Waals surface area contributed by atoms with Gasteiger partial charge in [0.1, 0.15) is 0 Å². The van der Waals surface area contributed by atoms with Crippen molar-refractivity contribution in [2.75, 3.05) is 0 Å². The van der Waals surface area contributed by atoms with Gasteiger partial charge < -0.3 is 9.67 Å². The molecule has 1 aliphatic carbocycles. The molecule has 2 aromatic rings. The Balaban J connectivity index is 1.99. The van der Waals surface area contributed by atoms with Gasteiger partial charge in [0.25, 0.3) is 0 Å². The number of aliphatic hydroxyl groups is 1. The second kappa shape index (κ2) is 4.53. The third-order valence-electron chi connectivity index (χ3n) is 4.14. The van der Waals surface area contributed by atoms with Gasteiger partial charge in [-0.05, 0) is 39.2 Å². The van der Waals surface area contributed by atoms with Crippen molar-refractivity contribution < 1.29 is 5.11 Å². The quantitative estimate of drug-likeness (QED) is 0.899. The van der Waals surface area contributed by atoms with E-state index in [1.54, 1.807) is 0 Å². The zero-order valence-electron chi connectivity index (χ0n) is 11.8. The molecule has 0 amide bonds. The summed E-state index contributed by atoms with van der Waals surface area (Å²) < 4.78 is 4.20. The number of nitrogens with zero attached hydrogens (tertiary/aromatic N) is 3. The first-order valence-corrected chi connectivity index (χ1v) is 6.92. The maximum atomic E-state index is 10.1. The molecule has 4 heteroatoms. The van der Waals surface area contributed by atoms with Gasteiger partial charge >= 0.3 is 0 Å². The van der Waals surface area contributed by atoms with Crippen LogP contribution in [0.15, 0.2) is 12.3 Å². The fraction of sp³-hybridized carbons (Fsp3) is 0.533. The maximum Gasteiger partial charge on any atom is 0.0807 e. The smallest absolute Gasteiger partial charge is 0.0807 e. The largest absolute Gasteiger partial charge is 0.388 e. The number of aliphatic hydroxyl groups excluding tert-OH is 1. The first-order chi connectivity index (χ1) is 9.06. The molecule has 19 heavy (non-hydrogen) atoms. The number of hydrogen-bond donors (Lipinski definition) is 1. The lowest BCUT2D eigenvalue weighted by atomic mass is 9.95. The minimum atomic E-state index is -0.279. The van der Waals surface area contributed by atoms with Crippen LogP contribution in [-0.4, -0.2) is 19.5 Å². The van der Waals surface area contributed by atoms with E-state index < -0.39 is 0 Å². The number of fused-ring (bicyclic) bond motifs is 1. The van der Waals surface area contributed by atoms with Gasteiger partial charge in [-0.25, -0.2) is 0 Å². The SMILES string of the molecule is Cc1nn(C)cc1Cn1c(C)cc2c1CCCC2O. The molecule has 2 heterocycles. The number of aryl methyl sites for hydroxylation is 3. The average Bonchev–Trinajstić information content (AvgIpc) is 2.83. The van der Waals surface area contributed by atoms with E-state index in [1.807, 2.05) is 11.7 Å². The monoisotopic (exact) mass is 259 g/mol. The summed E-state index contributed by atoms with van der Waals surface area (Å²) in [4.78, 5) is 0. The predicted octanol–water partition coefficient (Wildman–Crippen LogP) is 2.26. The molecule has 1 atom stereocenters. The summed E-state index contributed by atoms with van der Waals surface area (Å²) in [7, 11) is 1.96. The highest BCUT2D eigenvalue weighted by Crippen LogP contribution is 2.32. The van der Waals surface area contributed by atoms with Crippen LogP contribution in [0.25, 0.3) is 0 Å². The van der Waals surface area contributed by atoms with E-state index in [-0.39, 0.29) is 6.10 Å². The fourth-order valence-electron chi connectivity index (χ4n) is 3.14. The fourth-order valence-corrected chi connectivity index (χ4v) is 3.14. The first kappa shape index (κ1) is 12.5. The lowest BCUT2D eigenvalue weighted by molar-refractivity contribution is 0.156. The summed E-state index contributed by atoms with van der Waals surface area (Å²) in [5.74, 6) is 0. The standard InChI is InChI=1S/C15H21N3O/c1-10-7-13-14(5-4-6-15(13)19)18(10)9-12-8-17(3)16-11(12)2/h7-8,15,19H,4-6,9H2,1-3H3. The third-order valence-corrected chi connectivity index (χ3v) is 4.14. The molecule has 0 fully saturated rings. The van der Waals surface area contributed by atoms with E-state index in [9.17, 15) is 5.11 Å². The Morgan fingerprint density at radius 1 is 1.42 bits per heavy atom. The van der Waals surface area contributed by atoms with Crippen LogP contribution < -0.4 is 0 Å². The van der Waals surface area contributed by atoms with E-state index in [0.717, 1.165) is 37.1 Å². The molecule has 1 unspecified atom stereocenters. The van der Waals surface area contributed by atoms with Crippen molar-refractivity contribution in [3.63, 3.8) is 0 Å². The zero-order chi connectivity index (χ0) is 13.6. The van der Waals surface area contributed by atoms with Crippen molar-refractivity contribution in [3.8, 4) is 0 Å². The Bertz CT molecular complexity index is 609. The molecule has 0 radical (unpaired) electrons. The van der Waals surface area contributed by atoms with Gasteiger partial charge in [0, 0.05) is 35.8 Å². The van der Waals surface area contributed by atoms with Gasteiger partial charge in [0.2, 0.25) is 0 Å². The van der Waals surface area contributed by atoms with E-state index in [2.05, 4.69) is 35.8 Å². The molecular formula is C15H21N3O.